The van der Waals surface area contributed by atoms with Crippen molar-refractivity contribution in [2.45, 2.75) is 26.2 Å². The lowest BCUT2D eigenvalue weighted by molar-refractivity contribution is 0.484. The smallest absolute Gasteiger partial charge is 0.135 e. The molecule has 6 rings (SSSR count). The fourth-order valence-corrected chi connectivity index (χ4v) is 4.65. The van der Waals surface area contributed by atoms with E-state index in [1.165, 1.54) is 10.9 Å². The van der Waals surface area contributed by atoms with Crippen LogP contribution in [-0.4, -0.2) is 9.97 Å². The second-order valence-electron chi connectivity index (χ2n) is 10.4. The summed E-state index contributed by atoms with van der Waals surface area (Å²) in [4.78, 5) is 9.35. The van der Waals surface area contributed by atoms with E-state index in [0.29, 0.717) is 0 Å². The first-order chi connectivity index (χ1) is 17.9. The van der Waals surface area contributed by atoms with Crippen molar-refractivity contribution in [2.24, 2.45) is 0 Å². The summed E-state index contributed by atoms with van der Waals surface area (Å²) < 4.78 is 6.68. The average molecular weight is 481 g/mol. The summed E-state index contributed by atoms with van der Waals surface area (Å²) >= 11 is 0. The van der Waals surface area contributed by atoms with Crippen LogP contribution in [0.2, 0.25) is 0 Å². The van der Waals surface area contributed by atoms with Crippen LogP contribution < -0.4 is 4.74 Å². The summed E-state index contributed by atoms with van der Waals surface area (Å²) in [7, 11) is 0. The van der Waals surface area contributed by atoms with Gasteiger partial charge in [0.15, 0.2) is 0 Å². The maximum absolute atomic E-state index is 6.68. The van der Waals surface area contributed by atoms with Crippen molar-refractivity contribution < 1.29 is 4.74 Å². The lowest BCUT2D eigenvalue weighted by Crippen LogP contribution is -2.11. The Hall–Kier alpha value is -4.50. The minimum absolute atomic E-state index is 0.0527. The van der Waals surface area contributed by atoms with Gasteiger partial charge in [0.2, 0.25) is 0 Å². The highest BCUT2D eigenvalue weighted by Gasteiger charge is 2.18. The molecule has 0 saturated heterocycles. The summed E-state index contributed by atoms with van der Waals surface area (Å²) in [5.41, 5.74) is 5.06. The van der Waals surface area contributed by atoms with Gasteiger partial charge in [-0.2, -0.15) is 0 Å². The normalized spacial score (nSPS) is 11.6. The molecule has 0 amide bonds. The molecule has 0 spiro atoms. The Kier molecular flexibility index (Phi) is 5.69. The van der Waals surface area contributed by atoms with Crippen LogP contribution in [0.1, 0.15) is 26.3 Å². The Morgan fingerprint density at radius 2 is 1.32 bits per heavy atom. The van der Waals surface area contributed by atoms with E-state index >= 15 is 0 Å². The molecule has 3 heteroatoms. The van der Waals surface area contributed by atoms with Crippen molar-refractivity contribution in [1.29, 1.82) is 0 Å². The van der Waals surface area contributed by atoms with Gasteiger partial charge in [0.1, 0.15) is 11.5 Å². The molecule has 0 bridgehead atoms. The highest BCUT2D eigenvalue weighted by atomic mass is 16.5. The summed E-state index contributed by atoms with van der Waals surface area (Å²) in [5, 5.41) is 4.48. The van der Waals surface area contributed by atoms with Gasteiger partial charge >= 0.3 is 0 Å². The highest BCUT2D eigenvalue weighted by Crippen LogP contribution is 2.38. The van der Waals surface area contributed by atoms with E-state index in [0.717, 1.165) is 50.2 Å². The van der Waals surface area contributed by atoms with Crippen LogP contribution in [0.4, 0.5) is 0 Å². The highest BCUT2D eigenvalue weighted by molar-refractivity contribution is 5.92. The second-order valence-corrected chi connectivity index (χ2v) is 10.4. The molecule has 0 aliphatic carbocycles. The number of nitrogens with zero attached hydrogens (tertiary/aromatic N) is 2. The predicted octanol–water partition coefficient (Wildman–Crippen LogP) is 9.21. The molecular formula is C34H28N2O. The topological polar surface area (TPSA) is 35.0 Å². The van der Waals surface area contributed by atoms with Gasteiger partial charge in [0.05, 0.1) is 11.4 Å². The van der Waals surface area contributed by atoms with E-state index in [4.69, 9.17) is 9.72 Å². The SMILES string of the molecule is CC(C)(C)c1cc(Oc2cc(-c3ccccn3)cc3ccccc23)cc(-c2cc3ccccc3cn2)c1. The largest absolute Gasteiger partial charge is 0.457 e. The minimum atomic E-state index is -0.0527. The molecule has 2 aromatic heterocycles. The Morgan fingerprint density at radius 3 is 2.11 bits per heavy atom. The molecule has 180 valence electrons. The molecule has 2 heterocycles. The predicted molar refractivity (Wildman–Crippen MR) is 153 cm³/mol. The van der Waals surface area contributed by atoms with E-state index in [2.05, 4.69) is 98.6 Å². The van der Waals surface area contributed by atoms with Gasteiger partial charge in [-0.25, -0.2) is 0 Å². The van der Waals surface area contributed by atoms with E-state index < -0.39 is 0 Å². The first-order valence-corrected chi connectivity index (χ1v) is 12.6. The number of pyridine rings is 2. The molecule has 3 nitrogen and oxygen atoms in total. The van der Waals surface area contributed by atoms with Gasteiger partial charge in [-0.05, 0) is 70.3 Å². The number of ether oxygens (including phenoxy) is 1. The first-order valence-electron chi connectivity index (χ1n) is 12.6. The van der Waals surface area contributed by atoms with Gasteiger partial charge in [0, 0.05) is 34.3 Å². The quantitative estimate of drug-likeness (QED) is 0.252. The van der Waals surface area contributed by atoms with Crippen LogP contribution in [0, 0.1) is 0 Å². The van der Waals surface area contributed by atoms with Gasteiger partial charge in [0.25, 0.3) is 0 Å². The summed E-state index contributed by atoms with van der Waals surface area (Å²) in [5.74, 6) is 1.60. The number of aromatic nitrogens is 2. The van der Waals surface area contributed by atoms with Gasteiger partial charge < -0.3 is 4.74 Å². The van der Waals surface area contributed by atoms with Gasteiger partial charge in [-0.3, -0.25) is 9.97 Å². The van der Waals surface area contributed by atoms with Crippen LogP contribution in [0.3, 0.4) is 0 Å². The number of hydrogen-bond acceptors (Lipinski definition) is 3. The van der Waals surface area contributed by atoms with Crippen LogP contribution >= 0.6 is 0 Å². The first kappa shape index (κ1) is 22.9. The van der Waals surface area contributed by atoms with Gasteiger partial charge in [-0.15, -0.1) is 0 Å². The minimum Gasteiger partial charge on any atom is -0.457 e. The fraction of sp³-hybridized carbons (Fsp3) is 0.118. The van der Waals surface area contributed by atoms with Crippen molar-refractivity contribution in [3.8, 4) is 34.0 Å². The molecule has 0 unspecified atom stereocenters. The van der Waals surface area contributed by atoms with Crippen molar-refractivity contribution in [1.82, 2.24) is 9.97 Å². The third-order valence-corrected chi connectivity index (χ3v) is 6.71. The Balaban J connectivity index is 1.49. The standard InChI is InChI=1S/C34H28N2O/c1-34(2,3)28-17-27(32-19-23-10-4-5-12-25(23)22-36-32)18-29(21-28)37-33-20-26(31-14-8-9-15-35-31)16-24-11-6-7-13-30(24)33/h4-22H,1-3H3. The number of rotatable bonds is 4. The fourth-order valence-electron chi connectivity index (χ4n) is 4.65. The van der Waals surface area contributed by atoms with Crippen molar-refractivity contribution in [3.05, 3.63) is 121 Å². The molecular weight excluding hydrogens is 452 g/mol. The third kappa shape index (κ3) is 4.68. The second kappa shape index (κ2) is 9.18. The molecule has 6 aromatic rings. The van der Waals surface area contributed by atoms with E-state index in [-0.39, 0.29) is 5.41 Å². The van der Waals surface area contributed by atoms with Crippen molar-refractivity contribution >= 4 is 21.5 Å². The molecule has 0 aliphatic heterocycles. The van der Waals surface area contributed by atoms with Crippen LogP contribution in [-0.2, 0) is 5.41 Å². The zero-order valence-electron chi connectivity index (χ0n) is 21.3. The van der Waals surface area contributed by atoms with Crippen molar-refractivity contribution in [3.63, 3.8) is 0 Å². The van der Waals surface area contributed by atoms with Crippen LogP contribution in [0.15, 0.2) is 116 Å². The molecule has 0 radical (unpaired) electrons. The van der Waals surface area contributed by atoms with Gasteiger partial charge in [-0.1, -0.05) is 75.4 Å². The molecule has 0 N–H and O–H groups in total. The molecule has 0 fully saturated rings. The summed E-state index contributed by atoms with van der Waals surface area (Å²) in [6.07, 6.45) is 3.76. The maximum Gasteiger partial charge on any atom is 0.135 e. The third-order valence-electron chi connectivity index (χ3n) is 6.71. The number of benzene rings is 4. The molecule has 0 saturated carbocycles. The van der Waals surface area contributed by atoms with Crippen LogP contribution in [0.5, 0.6) is 11.5 Å². The maximum atomic E-state index is 6.68. The lowest BCUT2D eigenvalue weighted by Gasteiger charge is -2.22. The zero-order chi connectivity index (χ0) is 25.4. The Labute approximate surface area is 217 Å². The average Bonchev–Trinajstić information content (AvgIpc) is 2.92. The van der Waals surface area contributed by atoms with E-state index in [1.807, 2.05) is 42.7 Å². The summed E-state index contributed by atoms with van der Waals surface area (Å²) in [6, 6.07) is 35.5. The van der Waals surface area contributed by atoms with E-state index in [9.17, 15) is 0 Å². The Bertz CT molecular complexity index is 1730. The summed E-state index contributed by atoms with van der Waals surface area (Å²) in [6.45, 7) is 6.67. The van der Waals surface area contributed by atoms with Crippen LogP contribution in [0.25, 0.3) is 44.1 Å². The zero-order valence-corrected chi connectivity index (χ0v) is 21.3. The number of fused-ring (bicyclic) bond motifs is 2. The molecule has 0 aliphatic rings. The molecule has 0 atom stereocenters. The lowest BCUT2D eigenvalue weighted by atomic mass is 9.85. The number of hydrogen-bond donors (Lipinski definition) is 0. The monoisotopic (exact) mass is 480 g/mol. The van der Waals surface area contributed by atoms with E-state index in [1.54, 1.807) is 0 Å². The molecule has 37 heavy (non-hydrogen) atoms. The Morgan fingerprint density at radius 1 is 0.595 bits per heavy atom. The van der Waals surface area contributed by atoms with Crippen molar-refractivity contribution in [2.75, 3.05) is 0 Å². The molecule has 4 aromatic carbocycles.